The van der Waals surface area contributed by atoms with Crippen LogP contribution in [0.1, 0.15) is 22.3 Å². The lowest BCUT2D eigenvalue weighted by molar-refractivity contribution is -0.134. The molecule has 202 valence electrons. The smallest absolute Gasteiger partial charge is 0.328 e. The van der Waals surface area contributed by atoms with E-state index in [1.54, 1.807) is 24.3 Å². The number of benzene rings is 2. The quantitative estimate of drug-likeness (QED) is 0.241. The van der Waals surface area contributed by atoms with Gasteiger partial charge < -0.3 is 25.4 Å². The van der Waals surface area contributed by atoms with E-state index in [1.807, 2.05) is 18.3 Å². The Balaban J connectivity index is 0.000000459. The number of carboxylic acids is 2. The zero-order valence-corrected chi connectivity index (χ0v) is 21.5. The predicted octanol–water partition coefficient (Wildman–Crippen LogP) is 2.52. The topological polar surface area (TPSA) is 167 Å². The molecule has 0 bridgehead atoms. The largest absolute Gasteiger partial charge is 0.478 e. The molecule has 11 heteroatoms. The molecule has 1 atom stereocenters. The van der Waals surface area contributed by atoms with Crippen LogP contribution in [0.3, 0.4) is 0 Å². The summed E-state index contributed by atoms with van der Waals surface area (Å²) in [5.74, 6) is -2.74. The third-order valence-electron chi connectivity index (χ3n) is 6.00. The van der Waals surface area contributed by atoms with Crippen LogP contribution in [0.25, 0.3) is 10.9 Å². The number of aliphatic carboxylic acids is 2. The van der Waals surface area contributed by atoms with Crippen molar-refractivity contribution in [2.75, 3.05) is 20.6 Å². The molecule has 0 spiro atoms. The Morgan fingerprint density at radius 2 is 1.69 bits per heavy atom. The van der Waals surface area contributed by atoms with Gasteiger partial charge in [-0.05, 0) is 61.5 Å². The number of hydrogen-bond acceptors (Lipinski definition) is 6. The number of hydrogen-bond donors (Lipinski definition) is 4. The minimum atomic E-state index is -1.26. The lowest BCUT2D eigenvalue weighted by Crippen LogP contribution is -2.32. The first kappa shape index (κ1) is 28.6. The molecule has 39 heavy (non-hydrogen) atoms. The second-order valence-electron chi connectivity index (χ2n) is 9.20. The van der Waals surface area contributed by atoms with E-state index in [9.17, 15) is 19.2 Å². The normalized spacial score (nSPS) is 14.8. The van der Waals surface area contributed by atoms with E-state index in [4.69, 9.17) is 15.5 Å². The third kappa shape index (κ3) is 8.02. The van der Waals surface area contributed by atoms with E-state index in [-0.39, 0.29) is 18.5 Å². The number of carboxylic acid groups (broad SMARTS) is 2. The van der Waals surface area contributed by atoms with Gasteiger partial charge in [-0.25, -0.2) is 14.4 Å². The van der Waals surface area contributed by atoms with Crippen LogP contribution in [0, 0.1) is 11.3 Å². The molecule has 3 amide bonds. The van der Waals surface area contributed by atoms with Crippen molar-refractivity contribution in [2.45, 2.75) is 25.4 Å². The van der Waals surface area contributed by atoms with Gasteiger partial charge in [-0.15, -0.1) is 0 Å². The first-order valence-corrected chi connectivity index (χ1v) is 12.1. The van der Waals surface area contributed by atoms with Crippen LogP contribution in [0.4, 0.5) is 4.79 Å². The Morgan fingerprint density at radius 3 is 2.28 bits per heavy atom. The summed E-state index contributed by atoms with van der Waals surface area (Å²) in [4.78, 5) is 51.1. The van der Waals surface area contributed by atoms with E-state index in [2.05, 4.69) is 41.4 Å². The average molecular weight is 532 g/mol. The summed E-state index contributed by atoms with van der Waals surface area (Å²) in [5, 5.41) is 28.5. The molecule has 1 fully saturated rings. The second-order valence-corrected chi connectivity index (χ2v) is 9.20. The summed E-state index contributed by atoms with van der Waals surface area (Å²) in [6.07, 6.45) is 4.54. The van der Waals surface area contributed by atoms with Crippen molar-refractivity contribution in [2.24, 2.45) is 0 Å². The molecule has 3 aromatic rings. The minimum Gasteiger partial charge on any atom is -0.478 e. The number of imide groups is 1. The highest BCUT2D eigenvalue weighted by molar-refractivity contribution is 6.04. The number of amides is 3. The number of urea groups is 1. The second kappa shape index (κ2) is 13.0. The molecule has 1 aliphatic rings. The van der Waals surface area contributed by atoms with Crippen LogP contribution in [-0.2, 0) is 33.8 Å². The van der Waals surface area contributed by atoms with Crippen LogP contribution in [0.15, 0.2) is 60.8 Å². The van der Waals surface area contributed by atoms with Gasteiger partial charge in [0.05, 0.1) is 18.2 Å². The molecule has 0 saturated carbocycles. The highest BCUT2D eigenvalue weighted by Crippen LogP contribution is 2.23. The average Bonchev–Trinajstić information content (AvgIpc) is 3.42. The van der Waals surface area contributed by atoms with E-state index >= 15 is 0 Å². The Labute approximate surface area is 224 Å². The van der Waals surface area contributed by atoms with Gasteiger partial charge in [-0.1, -0.05) is 18.2 Å². The summed E-state index contributed by atoms with van der Waals surface area (Å²) >= 11 is 0. The van der Waals surface area contributed by atoms with Crippen LogP contribution in [0.2, 0.25) is 0 Å². The molecule has 4 N–H and O–H groups in total. The van der Waals surface area contributed by atoms with Crippen molar-refractivity contribution in [1.82, 2.24) is 20.1 Å². The number of likely N-dealkylation sites (N-methyl/N-ethyl adjacent to an activating group) is 1. The SMILES string of the molecule is CN(C)CCc1c[nH]c2ccc(CC3NC(=O)N(Cc4ccc(C#N)cc4)C3=O)cc12.O=C(O)/C=C\C(=O)O. The Kier molecular flexibility index (Phi) is 9.56. The maximum Gasteiger partial charge on any atom is 0.328 e. The highest BCUT2D eigenvalue weighted by atomic mass is 16.4. The summed E-state index contributed by atoms with van der Waals surface area (Å²) < 4.78 is 0. The van der Waals surface area contributed by atoms with Crippen LogP contribution in [0.5, 0.6) is 0 Å². The molecule has 0 aliphatic carbocycles. The zero-order valence-electron chi connectivity index (χ0n) is 21.5. The summed E-state index contributed by atoms with van der Waals surface area (Å²) in [6, 6.07) is 14.1. The first-order chi connectivity index (χ1) is 18.6. The van der Waals surface area contributed by atoms with Gasteiger partial charge in [0.1, 0.15) is 6.04 Å². The monoisotopic (exact) mass is 531 g/mol. The molecule has 1 aromatic heterocycles. The van der Waals surface area contributed by atoms with Crippen molar-refractivity contribution in [3.63, 3.8) is 0 Å². The third-order valence-corrected chi connectivity index (χ3v) is 6.00. The minimum absolute atomic E-state index is 0.193. The molecule has 4 rings (SSSR count). The van der Waals surface area contributed by atoms with Gasteiger partial charge in [0.15, 0.2) is 0 Å². The molecule has 2 heterocycles. The number of carbonyl (C=O) groups is 4. The number of carbonyl (C=O) groups excluding carboxylic acids is 2. The molecular formula is C28H29N5O6. The lowest BCUT2D eigenvalue weighted by Gasteiger charge is -2.13. The van der Waals surface area contributed by atoms with Gasteiger partial charge in [-0.3, -0.25) is 9.69 Å². The van der Waals surface area contributed by atoms with Crippen molar-refractivity contribution >= 4 is 34.8 Å². The molecular weight excluding hydrogens is 502 g/mol. The predicted molar refractivity (Wildman–Crippen MR) is 143 cm³/mol. The molecule has 1 aliphatic heterocycles. The Morgan fingerprint density at radius 1 is 1.05 bits per heavy atom. The van der Waals surface area contributed by atoms with Gasteiger partial charge in [0.2, 0.25) is 0 Å². The fourth-order valence-corrected chi connectivity index (χ4v) is 4.01. The van der Waals surface area contributed by atoms with Gasteiger partial charge in [0, 0.05) is 42.2 Å². The number of nitrogens with zero attached hydrogens (tertiary/aromatic N) is 3. The maximum atomic E-state index is 12.9. The summed E-state index contributed by atoms with van der Waals surface area (Å²) in [7, 11) is 4.11. The van der Waals surface area contributed by atoms with E-state index < -0.39 is 18.0 Å². The van der Waals surface area contributed by atoms with Crippen molar-refractivity contribution < 1.29 is 29.4 Å². The molecule has 11 nitrogen and oxygen atoms in total. The number of nitrogens with one attached hydrogen (secondary N) is 2. The van der Waals surface area contributed by atoms with Gasteiger partial charge in [0.25, 0.3) is 5.91 Å². The van der Waals surface area contributed by atoms with Crippen LogP contribution >= 0.6 is 0 Å². The summed E-state index contributed by atoms with van der Waals surface area (Å²) in [5.41, 5.74) is 4.68. The Bertz CT molecular complexity index is 1420. The first-order valence-electron chi connectivity index (χ1n) is 12.1. The number of nitriles is 1. The van der Waals surface area contributed by atoms with Crippen LogP contribution in [-0.4, -0.2) is 75.6 Å². The molecule has 0 radical (unpaired) electrons. The van der Waals surface area contributed by atoms with Crippen molar-refractivity contribution in [3.05, 3.63) is 83.1 Å². The lowest BCUT2D eigenvalue weighted by atomic mass is 10.0. The number of H-pyrrole nitrogens is 1. The van der Waals surface area contributed by atoms with Gasteiger partial charge >= 0.3 is 18.0 Å². The summed E-state index contributed by atoms with van der Waals surface area (Å²) in [6.45, 7) is 1.15. The highest BCUT2D eigenvalue weighted by Gasteiger charge is 2.37. The van der Waals surface area contributed by atoms with Crippen LogP contribution < -0.4 is 5.32 Å². The standard InChI is InChI=1S/C24H25N5O2.C4H4O4/c1-28(2)10-9-19-14-26-21-8-7-18(11-20(19)21)12-22-23(30)29(24(31)27-22)15-17-5-3-16(13-25)4-6-17;5-3(6)1-2-4(7)8/h3-8,11,14,22,26H,9-10,12,15H2,1-2H3,(H,27,31);1-2H,(H,5,6)(H,7,8)/b;2-1-. The van der Waals surface area contributed by atoms with Gasteiger partial charge in [-0.2, -0.15) is 5.26 Å². The Hall–Kier alpha value is -4.95. The zero-order chi connectivity index (χ0) is 28.5. The molecule has 1 unspecified atom stereocenters. The fourth-order valence-electron chi connectivity index (χ4n) is 4.01. The van der Waals surface area contributed by atoms with Crippen molar-refractivity contribution in [3.8, 4) is 6.07 Å². The van der Waals surface area contributed by atoms with Crippen molar-refractivity contribution in [1.29, 1.82) is 5.26 Å². The van der Waals surface area contributed by atoms with E-state index in [1.165, 1.54) is 10.5 Å². The maximum absolute atomic E-state index is 12.9. The number of aromatic amines is 1. The molecule has 1 saturated heterocycles. The van der Waals surface area contributed by atoms with E-state index in [0.717, 1.165) is 35.0 Å². The fraction of sp³-hybridized carbons (Fsp3) is 0.250. The van der Waals surface area contributed by atoms with E-state index in [0.29, 0.717) is 24.1 Å². The molecule has 2 aromatic carbocycles. The number of rotatable bonds is 9. The number of fused-ring (bicyclic) bond motifs is 1. The number of aromatic nitrogens is 1.